The highest BCUT2D eigenvalue weighted by molar-refractivity contribution is 5.66. The molecule has 0 amide bonds. The van der Waals surface area contributed by atoms with Gasteiger partial charge in [0, 0.05) is 13.0 Å². The zero-order valence-electron chi connectivity index (χ0n) is 11.0. The van der Waals surface area contributed by atoms with E-state index in [0.717, 1.165) is 13.0 Å². The summed E-state index contributed by atoms with van der Waals surface area (Å²) in [6.07, 6.45) is 4.61. The summed E-state index contributed by atoms with van der Waals surface area (Å²) in [6, 6.07) is 6.99. The van der Waals surface area contributed by atoms with Crippen LogP contribution in [-0.2, 0) is 17.6 Å². The van der Waals surface area contributed by atoms with Crippen LogP contribution in [0.15, 0.2) is 18.2 Å². The second kappa shape index (κ2) is 5.31. The SMILES string of the molecule is O=C(O)CCC1CNNC1c1ccc2c(c1)CCC2. The summed E-state index contributed by atoms with van der Waals surface area (Å²) in [5.74, 6) is -0.352. The number of aryl methyl sites for hydroxylation is 2. The molecule has 0 spiro atoms. The molecule has 1 aliphatic heterocycles. The van der Waals surface area contributed by atoms with E-state index in [1.165, 1.54) is 36.0 Å². The molecule has 0 radical (unpaired) electrons. The summed E-state index contributed by atoms with van der Waals surface area (Å²) in [5, 5.41) is 8.82. The van der Waals surface area contributed by atoms with Crippen LogP contribution in [0.1, 0.15) is 42.0 Å². The molecule has 102 valence electrons. The van der Waals surface area contributed by atoms with Crippen molar-refractivity contribution in [1.29, 1.82) is 0 Å². The number of hydrogen-bond donors (Lipinski definition) is 3. The Kier molecular flexibility index (Phi) is 3.53. The van der Waals surface area contributed by atoms with Crippen LogP contribution < -0.4 is 10.9 Å². The van der Waals surface area contributed by atoms with Crippen LogP contribution in [0.2, 0.25) is 0 Å². The normalized spacial score (nSPS) is 25.5. The van der Waals surface area contributed by atoms with Crippen LogP contribution in [0.3, 0.4) is 0 Å². The van der Waals surface area contributed by atoms with Gasteiger partial charge in [0.25, 0.3) is 0 Å². The molecule has 1 fully saturated rings. The predicted octanol–water partition coefficient (Wildman–Crippen LogP) is 1.81. The first-order valence-corrected chi connectivity index (χ1v) is 7.06. The smallest absolute Gasteiger partial charge is 0.303 e. The van der Waals surface area contributed by atoms with Gasteiger partial charge in [0.1, 0.15) is 0 Å². The molecule has 19 heavy (non-hydrogen) atoms. The van der Waals surface area contributed by atoms with Gasteiger partial charge in [0.05, 0.1) is 6.04 Å². The van der Waals surface area contributed by atoms with Crippen molar-refractivity contribution in [3.05, 3.63) is 34.9 Å². The summed E-state index contributed by atoms with van der Waals surface area (Å²) in [4.78, 5) is 10.7. The maximum Gasteiger partial charge on any atom is 0.303 e. The lowest BCUT2D eigenvalue weighted by Crippen LogP contribution is -2.25. The van der Waals surface area contributed by atoms with Crippen molar-refractivity contribution in [2.24, 2.45) is 5.92 Å². The van der Waals surface area contributed by atoms with Crippen molar-refractivity contribution in [1.82, 2.24) is 10.9 Å². The fourth-order valence-corrected chi connectivity index (χ4v) is 3.25. The minimum absolute atomic E-state index is 0.241. The molecule has 0 saturated carbocycles. The molecule has 0 aromatic heterocycles. The number of carbonyl (C=O) groups is 1. The van der Waals surface area contributed by atoms with Crippen molar-refractivity contribution in [2.45, 2.75) is 38.1 Å². The molecular weight excluding hydrogens is 240 g/mol. The molecule has 2 atom stereocenters. The molecule has 1 saturated heterocycles. The molecule has 2 aliphatic rings. The van der Waals surface area contributed by atoms with Gasteiger partial charge in [-0.05, 0) is 48.3 Å². The summed E-state index contributed by atoms with van der Waals surface area (Å²) in [5.41, 5.74) is 10.7. The van der Waals surface area contributed by atoms with E-state index < -0.39 is 5.97 Å². The quantitative estimate of drug-likeness (QED) is 0.772. The average Bonchev–Trinajstić information content (AvgIpc) is 3.04. The third-order valence-electron chi connectivity index (χ3n) is 4.30. The lowest BCUT2D eigenvalue weighted by atomic mass is 9.90. The van der Waals surface area contributed by atoms with Crippen LogP contribution >= 0.6 is 0 Å². The Morgan fingerprint density at radius 2 is 2.16 bits per heavy atom. The van der Waals surface area contributed by atoms with Crippen LogP contribution in [-0.4, -0.2) is 17.6 Å². The minimum Gasteiger partial charge on any atom is -0.481 e. The first kappa shape index (κ1) is 12.6. The third-order valence-corrected chi connectivity index (χ3v) is 4.30. The number of aliphatic carboxylic acids is 1. The van der Waals surface area contributed by atoms with E-state index in [2.05, 4.69) is 29.1 Å². The van der Waals surface area contributed by atoms with Crippen LogP contribution in [0.25, 0.3) is 0 Å². The number of hydrogen-bond acceptors (Lipinski definition) is 3. The lowest BCUT2D eigenvalue weighted by Gasteiger charge is -2.19. The highest BCUT2D eigenvalue weighted by Crippen LogP contribution is 2.31. The highest BCUT2D eigenvalue weighted by atomic mass is 16.4. The van der Waals surface area contributed by atoms with Gasteiger partial charge in [-0.2, -0.15) is 0 Å². The van der Waals surface area contributed by atoms with Crippen molar-refractivity contribution in [3.63, 3.8) is 0 Å². The zero-order chi connectivity index (χ0) is 13.2. The maximum absolute atomic E-state index is 10.7. The Bertz CT molecular complexity index is 487. The average molecular weight is 260 g/mol. The summed E-state index contributed by atoms with van der Waals surface area (Å²) in [7, 11) is 0. The van der Waals surface area contributed by atoms with Gasteiger partial charge in [0.15, 0.2) is 0 Å². The van der Waals surface area contributed by atoms with Crippen molar-refractivity contribution >= 4 is 5.97 Å². The standard InChI is InChI=1S/C15H20N2O2/c18-14(19)7-6-13-9-16-17-15(13)12-5-4-10-2-1-3-11(10)8-12/h4-5,8,13,15-17H,1-3,6-7,9H2,(H,18,19). The topological polar surface area (TPSA) is 61.4 Å². The van der Waals surface area contributed by atoms with Gasteiger partial charge in [-0.25, -0.2) is 5.43 Å². The molecule has 1 aromatic carbocycles. The number of carboxylic acids is 1. The summed E-state index contributed by atoms with van der Waals surface area (Å²) < 4.78 is 0. The molecule has 0 bridgehead atoms. The number of nitrogens with one attached hydrogen (secondary N) is 2. The Morgan fingerprint density at radius 3 is 3.00 bits per heavy atom. The lowest BCUT2D eigenvalue weighted by molar-refractivity contribution is -0.137. The Balaban J connectivity index is 1.75. The Labute approximate surface area is 113 Å². The monoisotopic (exact) mass is 260 g/mol. The number of rotatable bonds is 4. The van der Waals surface area contributed by atoms with Crippen molar-refractivity contribution in [2.75, 3.05) is 6.54 Å². The Morgan fingerprint density at radius 1 is 1.32 bits per heavy atom. The first-order chi connectivity index (χ1) is 9.24. The second-order valence-corrected chi connectivity index (χ2v) is 5.58. The second-order valence-electron chi connectivity index (χ2n) is 5.58. The van der Waals surface area contributed by atoms with E-state index in [0.29, 0.717) is 5.92 Å². The first-order valence-electron chi connectivity index (χ1n) is 7.06. The zero-order valence-corrected chi connectivity index (χ0v) is 11.0. The van der Waals surface area contributed by atoms with E-state index >= 15 is 0 Å². The van der Waals surface area contributed by atoms with Gasteiger partial charge in [-0.1, -0.05) is 18.2 Å². The number of hydrazine groups is 1. The number of carboxylic acid groups (broad SMARTS) is 1. The molecule has 4 heteroatoms. The number of fused-ring (bicyclic) bond motifs is 1. The largest absolute Gasteiger partial charge is 0.481 e. The van der Waals surface area contributed by atoms with E-state index in [1.807, 2.05) is 0 Å². The van der Waals surface area contributed by atoms with E-state index in [9.17, 15) is 4.79 Å². The molecule has 3 N–H and O–H groups in total. The van der Waals surface area contributed by atoms with Gasteiger partial charge < -0.3 is 5.11 Å². The van der Waals surface area contributed by atoms with Gasteiger partial charge in [0.2, 0.25) is 0 Å². The van der Waals surface area contributed by atoms with Crippen LogP contribution in [0, 0.1) is 5.92 Å². The van der Waals surface area contributed by atoms with Crippen molar-refractivity contribution in [3.8, 4) is 0 Å². The predicted molar refractivity (Wildman–Crippen MR) is 72.7 cm³/mol. The molecule has 1 aliphatic carbocycles. The van der Waals surface area contributed by atoms with E-state index in [-0.39, 0.29) is 12.5 Å². The summed E-state index contributed by atoms with van der Waals surface area (Å²) >= 11 is 0. The molecule has 3 rings (SSSR count). The maximum atomic E-state index is 10.7. The number of benzene rings is 1. The van der Waals surface area contributed by atoms with Gasteiger partial charge in [-0.15, -0.1) is 0 Å². The Hall–Kier alpha value is -1.39. The minimum atomic E-state index is -0.709. The highest BCUT2D eigenvalue weighted by Gasteiger charge is 2.29. The molecular formula is C15H20N2O2. The third kappa shape index (κ3) is 2.65. The van der Waals surface area contributed by atoms with Crippen LogP contribution in [0.5, 0.6) is 0 Å². The summed E-state index contributed by atoms with van der Waals surface area (Å²) in [6.45, 7) is 0.842. The fraction of sp³-hybridized carbons (Fsp3) is 0.533. The van der Waals surface area contributed by atoms with Gasteiger partial charge in [-0.3, -0.25) is 10.2 Å². The van der Waals surface area contributed by atoms with E-state index in [4.69, 9.17) is 5.11 Å². The molecule has 2 unspecified atom stereocenters. The van der Waals surface area contributed by atoms with E-state index in [1.54, 1.807) is 0 Å². The molecule has 4 nitrogen and oxygen atoms in total. The van der Waals surface area contributed by atoms with Gasteiger partial charge >= 0.3 is 5.97 Å². The molecule has 1 aromatic rings. The fourth-order valence-electron chi connectivity index (χ4n) is 3.25. The van der Waals surface area contributed by atoms with Crippen molar-refractivity contribution < 1.29 is 9.90 Å². The van der Waals surface area contributed by atoms with Crippen LogP contribution in [0.4, 0.5) is 0 Å². The molecule has 1 heterocycles.